The number of hydrogen-bond acceptors (Lipinski definition) is 4. The average molecular weight is 164 g/mol. The fraction of sp³-hybridized carbons (Fsp3) is 0.500. The lowest BCUT2D eigenvalue weighted by Crippen LogP contribution is -2.53. The van der Waals surface area contributed by atoms with E-state index < -0.39 is 0 Å². The number of nitrogens with zero attached hydrogens (tertiary/aromatic N) is 1. The first-order valence-electron chi connectivity index (χ1n) is 4.10. The van der Waals surface area contributed by atoms with E-state index in [1.165, 1.54) is 0 Å². The van der Waals surface area contributed by atoms with Gasteiger partial charge in [-0.2, -0.15) is 0 Å². The van der Waals surface area contributed by atoms with E-state index in [1.807, 2.05) is 12.4 Å². The number of aliphatic imine (C=N–C) groups is 1. The number of hydrogen-bond donors (Lipinski definition) is 3. The van der Waals surface area contributed by atoms with E-state index in [0.717, 1.165) is 13.1 Å². The zero-order valence-electron chi connectivity index (χ0n) is 6.75. The molecule has 64 valence electrons. The summed E-state index contributed by atoms with van der Waals surface area (Å²) < 4.78 is 0. The first kappa shape index (κ1) is 7.61. The van der Waals surface area contributed by atoms with Crippen molar-refractivity contribution < 1.29 is 0 Å². The lowest BCUT2D eigenvalue weighted by Gasteiger charge is -2.29. The van der Waals surface area contributed by atoms with Crippen LogP contribution in [0.2, 0.25) is 0 Å². The molecule has 0 fully saturated rings. The lowest BCUT2D eigenvalue weighted by molar-refractivity contribution is 0.395. The Balaban J connectivity index is 1.94. The van der Waals surface area contributed by atoms with Crippen LogP contribution in [0.25, 0.3) is 0 Å². The van der Waals surface area contributed by atoms with Crippen LogP contribution < -0.4 is 16.0 Å². The molecule has 0 spiro atoms. The maximum atomic E-state index is 4.27. The highest BCUT2D eigenvalue weighted by Crippen LogP contribution is 2.00. The molecule has 0 saturated carbocycles. The second-order valence-electron chi connectivity index (χ2n) is 2.82. The minimum atomic E-state index is 0.170. The molecule has 2 atom stereocenters. The van der Waals surface area contributed by atoms with E-state index in [1.54, 1.807) is 6.21 Å². The molecule has 0 aliphatic carbocycles. The van der Waals surface area contributed by atoms with Crippen LogP contribution in [0, 0.1) is 6.42 Å². The van der Waals surface area contributed by atoms with E-state index in [-0.39, 0.29) is 6.17 Å². The molecule has 12 heavy (non-hydrogen) atoms. The monoisotopic (exact) mass is 164 g/mol. The molecule has 2 heterocycles. The summed E-state index contributed by atoms with van der Waals surface area (Å²) in [6.45, 7) is 1.70. The standard InChI is InChI=1S/C8H12N4/c1-2-11-8(12-3-1)7-6-9-4-5-10-7/h2,4-5,7-10,12H,3,6H2. The zero-order chi connectivity index (χ0) is 8.23. The van der Waals surface area contributed by atoms with Crippen molar-refractivity contribution in [3.8, 4) is 0 Å². The van der Waals surface area contributed by atoms with Crippen molar-refractivity contribution in [2.75, 3.05) is 13.1 Å². The molecule has 0 saturated heterocycles. The van der Waals surface area contributed by atoms with Gasteiger partial charge in [-0.25, -0.2) is 0 Å². The summed E-state index contributed by atoms with van der Waals surface area (Å²) in [6.07, 6.45) is 8.72. The summed E-state index contributed by atoms with van der Waals surface area (Å²) in [6, 6.07) is 0.341. The maximum absolute atomic E-state index is 4.27. The molecule has 0 aromatic rings. The van der Waals surface area contributed by atoms with Gasteiger partial charge in [-0.1, -0.05) is 0 Å². The Labute approximate surface area is 72.1 Å². The van der Waals surface area contributed by atoms with Gasteiger partial charge in [0.15, 0.2) is 0 Å². The Hall–Kier alpha value is -1.03. The van der Waals surface area contributed by atoms with E-state index >= 15 is 0 Å². The van der Waals surface area contributed by atoms with E-state index in [2.05, 4.69) is 27.4 Å². The van der Waals surface area contributed by atoms with Crippen molar-refractivity contribution in [1.29, 1.82) is 0 Å². The molecule has 0 aromatic heterocycles. The Kier molecular flexibility index (Phi) is 2.27. The normalized spacial score (nSPS) is 34.0. The van der Waals surface area contributed by atoms with Crippen LogP contribution in [0.3, 0.4) is 0 Å². The van der Waals surface area contributed by atoms with Crippen LogP contribution in [0.4, 0.5) is 0 Å². The van der Waals surface area contributed by atoms with Crippen LogP contribution in [0.5, 0.6) is 0 Å². The number of nitrogens with one attached hydrogen (secondary N) is 3. The van der Waals surface area contributed by atoms with Gasteiger partial charge in [-0.15, -0.1) is 0 Å². The molecular weight excluding hydrogens is 152 g/mol. The summed E-state index contributed by atoms with van der Waals surface area (Å²) in [7, 11) is 0. The average Bonchev–Trinajstić information content (AvgIpc) is 2.21. The first-order valence-corrected chi connectivity index (χ1v) is 4.10. The van der Waals surface area contributed by atoms with E-state index in [9.17, 15) is 0 Å². The predicted molar refractivity (Wildman–Crippen MR) is 47.6 cm³/mol. The molecule has 4 nitrogen and oxygen atoms in total. The molecule has 0 aromatic carbocycles. The fourth-order valence-electron chi connectivity index (χ4n) is 1.33. The second kappa shape index (κ2) is 3.58. The van der Waals surface area contributed by atoms with E-state index in [0.29, 0.717) is 6.04 Å². The van der Waals surface area contributed by atoms with Gasteiger partial charge in [0.05, 0.1) is 6.04 Å². The predicted octanol–water partition coefficient (Wildman–Crippen LogP) is -0.900. The summed E-state index contributed by atoms with van der Waals surface area (Å²) in [5.41, 5.74) is 0. The first-order chi connectivity index (χ1) is 5.97. The third kappa shape index (κ3) is 1.58. The van der Waals surface area contributed by atoms with Gasteiger partial charge in [0, 0.05) is 38.1 Å². The fourth-order valence-corrected chi connectivity index (χ4v) is 1.33. The summed E-state index contributed by atoms with van der Waals surface area (Å²) in [5.74, 6) is 0. The second-order valence-corrected chi connectivity index (χ2v) is 2.82. The smallest absolute Gasteiger partial charge is 0.121 e. The Bertz CT molecular complexity index is 199. The molecule has 2 unspecified atom stereocenters. The van der Waals surface area contributed by atoms with Crippen molar-refractivity contribution >= 4 is 6.21 Å². The minimum absolute atomic E-state index is 0.170. The Morgan fingerprint density at radius 2 is 2.42 bits per heavy atom. The summed E-state index contributed by atoms with van der Waals surface area (Å²) in [4.78, 5) is 4.27. The van der Waals surface area contributed by atoms with Crippen LogP contribution in [-0.2, 0) is 0 Å². The highest BCUT2D eigenvalue weighted by atomic mass is 15.2. The molecule has 2 aliphatic heterocycles. The topological polar surface area (TPSA) is 48.5 Å². The quantitative estimate of drug-likeness (QED) is 0.471. The van der Waals surface area contributed by atoms with Gasteiger partial charge in [-0.05, 0) is 0 Å². The SMILES string of the molecule is [C]1C=NC(C2CNC=CN2)NC1. The van der Waals surface area contributed by atoms with Crippen LogP contribution in [-0.4, -0.2) is 31.5 Å². The van der Waals surface area contributed by atoms with Crippen molar-refractivity contribution in [1.82, 2.24) is 16.0 Å². The van der Waals surface area contributed by atoms with Crippen molar-refractivity contribution in [3.05, 3.63) is 18.8 Å². The molecule has 2 radical (unpaired) electrons. The highest BCUT2D eigenvalue weighted by molar-refractivity contribution is 5.69. The van der Waals surface area contributed by atoms with Crippen molar-refractivity contribution in [3.63, 3.8) is 0 Å². The van der Waals surface area contributed by atoms with Crippen LogP contribution in [0.15, 0.2) is 17.4 Å². The molecule has 0 amide bonds. The van der Waals surface area contributed by atoms with Crippen molar-refractivity contribution in [2.45, 2.75) is 12.2 Å². The highest BCUT2D eigenvalue weighted by Gasteiger charge is 2.20. The number of rotatable bonds is 1. The lowest BCUT2D eigenvalue weighted by atomic mass is 10.2. The Morgan fingerprint density at radius 3 is 3.08 bits per heavy atom. The third-order valence-electron chi connectivity index (χ3n) is 1.97. The molecular formula is C8H12N4. The van der Waals surface area contributed by atoms with Gasteiger partial charge >= 0.3 is 0 Å². The molecule has 2 aliphatic rings. The van der Waals surface area contributed by atoms with Gasteiger partial charge in [0.2, 0.25) is 0 Å². The molecule has 3 N–H and O–H groups in total. The molecule has 4 heteroatoms. The maximum Gasteiger partial charge on any atom is 0.121 e. The van der Waals surface area contributed by atoms with E-state index in [4.69, 9.17) is 0 Å². The third-order valence-corrected chi connectivity index (χ3v) is 1.97. The van der Waals surface area contributed by atoms with Gasteiger partial charge in [0.1, 0.15) is 6.17 Å². The van der Waals surface area contributed by atoms with Crippen molar-refractivity contribution in [2.24, 2.45) is 4.99 Å². The van der Waals surface area contributed by atoms with Crippen LogP contribution >= 0.6 is 0 Å². The largest absolute Gasteiger partial charge is 0.388 e. The van der Waals surface area contributed by atoms with Gasteiger partial charge in [0.25, 0.3) is 0 Å². The van der Waals surface area contributed by atoms with Gasteiger partial charge < -0.3 is 10.6 Å². The summed E-state index contributed by atoms with van der Waals surface area (Å²) in [5, 5.41) is 9.64. The minimum Gasteiger partial charge on any atom is -0.388 e. The summed E-state index contributed by atoms with van der Waals surface area (Å²) >= 11 is 0. The molecule has 0 bridgehead atoms. The van der Waals surface area contributed by atoms with Crippen LogP contribution in [0.1, 0.15) is 0 Å². The molecule has 2 rings (SSSR count). The van der Waals surface area contributed by atoms with Gasteiger partial charge in [-0.3, -0.25) is 10.3 Å². The Morgan fingerprint density at radius 1 is 1.42 bits per heavy atom. The zero-order valence-corrected chi connectivity index (χ0v) is 6.75.